The van der Waals surface area contributed by atoms with Crippen molar-refractivity contribution in [2.24, 2.45) is 0 Å². The number of rotatable bonds is 5. The fraction of sp³-hybridized carbons (Fsp3) is 0.571. The van der Waals surface area contributed by atoms with Crippen LogP contribution in [0, 0.1) is 0 Å². The lowest BCUT2D eigenvalue weighted by Crippen LogP contribution is -2.25. The van der Waals surface area contributed by atoms with Gasteiger partial charge < -0.3 is 10.1 Å². The second-order valence-electron chi connectivity index (χ2n) is 4.44. The highest BCUT2D eigenvalue weighted by Gasteiger charge is 2.13. The van der Waals surface area contributed by atoms with Crippen LogP contribution in [0.25, 0.3) is 0 Å². The summed E-state index contributed by atoms with van der Waals surface area (Å²) in [6.45, 7) is 3.72. The summed E-state index contributed by atoms with van der Waals surface area (Å²) in [6, 6.07) is 9.10. The highest BCUT2D eigenvalue weighted by atomic mass is 35.5. The smallest absolute Gasteiger partial charge is 0.119 e. The molecule has 0 aliphatic heterocycles. The maximum atomic E-state index is 5.49. The zero-order chi connectivity index (χ0) is 11.2. The van der Waals surface area contributed by atoms with Crippen molar-refractivity contribution in [2.75, 3.05) is 6.61 Å². The van der Waals surface area contributed by atoms with Crippen LogP contribution in [0.3, 0.4) is 0 Å². The van der Waals surface area contributed by atoms with Gasteiger partial charge in [0.25, 0.3) is 0 Å². The van der Waals surface area contributed by atoms with Crippen molar-refractivity contribution in [3.63, 3.8) is 0 Å². The summed E-state index contributed by atoms with van der Waals surface area (Å²) in [5.41, 5.74) is 1.32. The zero-order valence-electron chi connectivity index (χ0n) is 10.4. The maximum absolute atomic E-state index is 5.49. The molecule has 96 valence electrons. The van der Waals surface area contributed by atoms with Gasteiger partial charge in [0.1, 0.15) is 5.75 Å². The Labute approximate surface area is 110 Å². The first-order valence-electron chi connectivity index (χ1n) is 6.33. The standard InChI is InChI=1S/C14H21NO.ClH/c1-2-16-14-9-5-6-12(10-14)11-15-13-7-3-4-8-13;/h5-6,9-10,13,15H,2-4,7-8,11H2,1H3;1H. The quantitative estimate of drug-likeness (QED) is 0.869. The van der Waals surface area contributed by atoms with E-state index in [1.54, 1.807) is 0 Å². The average Bonchev–Trinajstić information content (AvgIpc) is 2.80. The molecule has 2 rings (SSSR count). The number of benzene rings is 1. The minimum absolute atomic E-state index is 0. The molecule has 0 heterocycles. The Balaban J connectivity index is 0.00000144. The fourth-order valence-corrected chi connectivity index (χ4v) is 2.30. The highest BCUT2D eigenvalue weighted by molar-refractivity contribution is 5.85. The zero-order valence-corrected chi connectivity index (χ0v) is 11.3. The van der Waals surface area contributed by atoms with Gasteiger partial charge in [-0.25, -0.2) is 0 Å². The Morgan fingerprint density at radius 3 is 2.76 bits per heavy atom. The Hall–Kier alpha value is -0.730. The summed E-state index contributed by atoms with van der Waals surface area (Å²) in [4.78, 5) is 0. The van der Waals surface area contributed by atoms with E-state index in [1.165, 1.54) is 31.2 Å². The van der Waals surface area contributed by atoms with Crippen molar-refractivity contribution in [1.82, 2.24) is 5.32 Å². The molecule has 1 fully saturated rings. The van der Waals surface area contributed by atoms with E-state index < -0.39 is 0 Å². The molecule has 0 bridgehead atoms. The molecule has 0 atom stereocenters. The normalized spacial score (nSPS) is 15.6. The van der Waals surface area contributed by atoms with E-state index in [0.717, 1.165) is 24.9 Å². The molecule has 1 aromatic carbocycles. The molecular formula is C14H22ClNO. The molecule has 1 saturated carbocycles. The van der Waals surface area contributed by atoms with E-state index >= 15 is 0 Å². The van der Waals surface area contributed by atoms with Crippen LogP contribution < -0.4 is 10.1 Å². The number of ether oxygens (including phenoxy) is 1. The third kappa shape index (κ3) is 4.57. The van der Waals surface area contributed by atoms with E-state index in [0.29, 0.717) is 0 Å². The van der Waals surface area contributed by atoms with Gasteiger partial charge in [-0.1, -0.05) is 25.0 Å². The number of hydrogen-bond acceptors (Lipinski definition) is 2. The van der Waals surface area contributed by atoms with E-state index in [9.17, 15) is 0 Å². The Morgan fingerprint density at radius 1 is 1.29 bits per heavy atom. The molecule has 1 aliphatic carbocycles. The SMILES string of the molecule is CCOc1cccc(CNC2CCCC2)c1.Cl. The molecule has 0 aromatic heterocycles. The van der Waals surface area contributed by atoms with Crippen LogP contribution in [0.1, 0.15) is 38.2 Å². The summed E-state index contributed by atoms with van der Waals surface area (Å²) in [6.07, 6.45) is 5.45. The van der Waals surface area contributed by atoms with Crippen molar-refractivity contribution < 1.29 is 4.74 Å². The lowest BCUT2D eigenvalue weighted by molar-refractivity contribution is 0.339. The van der Waals surface area contributed by atoms with Gasteiger partial charge in [0.15, 0.2) is 0 Å². The second-order valence-corrected chi connectivity index (χ2v) is 4.44. The van der Waals surface area contributed by atoms with Gasteiger partial charge in [0, 0.05) is 12.6 Å². The number of nitrogens with one attached hydrogen (secondary N) is 1. The molecule has 2 nitrogen and oxygen atoms in total. The maximum Gasteiger partial charge on any atom is 0.119 e. The van der Waals surface area contributed by atoms with Crippen LogP contribution in [-0.4, -0.2) is 12.6 Å². The summed E-state index contributed by atoms with van der Waals surface area (Å²) in [7, 11) is 0. The Kier molecular flexibility index (Phi) is 6.38. The molecule has 1 aliphatic rings. The van der Waals surface area contributed by atoms with E-state index in [1.807, 2.05) is 13.0 Å². The molecule has 0 amide bonds. The monoisotopic (exact) mass is 255 g/mol. The first-order chi connectivity index (χ1) is 7.88. The van der Waals surface area contributed by atoms with Gasteiger partial charge in [-0.15, -0.1) is 12.4 Å². The highest BCUT2D eigenvalue weighted by Crippen LogP contribution is 2.19. The van der Waals surface area contributed by atoms with Crippen LogP contribution in [0.5, 0.6) is 5.75 Å². The van der Waals surface area contributed by atoms with E-state index in [2.05, 4.69) is 23.5 Å². The summed E-state index contributed by atoms with van der Waals surface area (Å²) >= 11 is 0. The third-order valence-corrected chi connectivity index (χ3v) is 3.16. The largest absolute Gasteiger partial charge is 0.494 e. The molecule has 0 unspecified atom stereocenters. The first-order valence-corrected chi connectivity index (χ1v) is 6.33. The van der Waals surface area contributed by atoms with Gasteiger partial charge in [0.05, 0.1) is 6.61 Å². The molecule has 0 spiro atoms. The first kappa shape index (κ1) is 14.3. The summed E-state index contributed by atoms with van der Waals surface area (Å²) in [5.74, 6) is 0.980. The Bertz CT molecular complexity index is 324. The predicted octanol–water partition coefficient (Wildman–Crippen LogP) is 3.54. The van der Waals surface area contributed by atoms with Gasteiger partial charge in [-0.3, -0.25) is 0 Å². The minimum atomic E-state index is 0. The molecule has 0 saturated heterocycles. The lowest BCUT2D eigenvalue weighted by Gasteiger charge is -2.12. The van der Waals surface area contributed by atoms with Crippen LogP contribution >= 0.6 is 12.4 Å². The van der Waals surface area contributed by atoms with Crippen LogP contribution in [0.4, 0.5) is 0 Å². The predicted molar refractivity (Wildman–Crippen MR) is 74.0 cm³/mol. The summed E-state index contributed by atoms with van der Waals surface area (Å²) < 4.78 is 5.49. The number of halogens is 1. The molecule has 1 N–H and O–H groups in total. The van der Waals surface area contributed by atoms with Crippen molar-refractivity contribution in [1.29, 1.82) is 0 Å². The van der Waals surface area contributed by atoms with E-state index in [4.69, 9.17) is 4.74 Å². The van der Waals surface area contributed by atoms with Crippen molar-refractivity contribution >= 4 is 12.4 Å². The van der Waals surface area contributed by atoms with Crippen LogP contribution in [0.2, 0.25) is 0 Å². The van der Waals surface area contributed by atoms with Gasteiger partial charge in [0.2, 0.25) is 0 Å². The van der Waals surface area contributed by atoms with Gasteiger partial charge in [-0.05, 0) is 37.5 Å². The Morgan fingerprint density at radius 2 is 2.06 bits per heavy atom. The number of hydrogen-bond donors (Lipinski definition) is 1. The van der Waals surface area contributed by atoms with Gasteiger partial charge >= 0.3 is 0 Å². The topological polar surface area (TPSA) is 21.3 Å². The fourth-order valence-electron chi connectivity index (χ4n) is 2.30. The molecule has 0 radical (unpaired) electrons. The minimum Gasteiger partial charge on any atom is -0.494 e. The van der Waals surface area contributed by atoms with E-state index in [-0.39, 0.29) is 12.4 Å². The average molecular weight is 256 g/mol. The van der Waals surface area contributed by atoms with Crippen LogP contribution in [-0.2, 0) is 6.54 Å². The second kappa shape index (κ2) is 7.57. The van der Waals surface area contributed by atoms with Gasteiger partial charge in [-0.2, -0.15) is 0 Å². The van der Waals surface area contributed by atoms with Crippen molar-refractivity contribution in [3.8, 4) is 5.75 Å². The van der Waals surface area contributed by atoms with Crippen molar-refractivity contribution in [3.05, 3.63) is 29.8 Å². The molecular weight excluding hydrogens is 234 g/mol. The van der Waals surface area contributed by atoms with Crippen LogP contribution in [0.15, 0.2) is 24.3 Å². The third-order valence-electron chi connectivity index (χ3n) is 3.16. The molecule has 3 heteroatoms. The molecule has 17 heavy (non-hydrogen) atoms. The molecule has 1 aromatic rings. The lowest BCUT2D eigenvalue weighted by atomic mass is 10.2. The summed E-state index contributed by atoms with van der Waals surface area (Å²) in [5, 5.41) is 3.61. The van der Waals surface area contributed by atoms with Crippen molar-refractivity contribution in [2.45, 2.75) is 45.2 Å².